The molecule has 2 aliphatic rings. The van der Waals surface area contributed by atoms with Gasteiger partial charge >= 0.3 is 0 Å². The lowest BCUT2D eigenvalue weighted by atomic mass is 10.1. The molecule has 21 heavy (non-hydrogen) atoms. The highest BCUT2D eigenvalue weighted by atomic mass is 32.1. The minimum absolute atomic E-state index is 0.569. The number of anilines is 1. The first-order chi connectivity index (χ1) is 10.3. The number of aromatic nitrogens is 1. The van der Waals surface area contributed by atoms with E-state index in [0.717, 1.165) is 38.0 Å². The Balaban J connectivity index is 1.57. The molecule has 2 aliphatic heterocycles. The van der Waals surface area contributed by atoms with Crippen molar-refractivity contribution in [1.29, 1.82) is 0 Å². The summed E-state index contributed by atoms with van der Waals surface area (Å²) in [5.74, 6) is 0. The molecule has 0 saturated carbocycles. The van der Waals surface area contributed by atoms with Crippen molar-refractivity contribution in [3.05, 3.63) is 11.1 Å². The minimum Gasteiger partial charge on any atom is -0.383 e. The highest BCUT2D eigenvalue weighted by molar-refractivity contribution is 7.13. The van der Waals surface area contributed by atoms with Gasteiger partial charge in [0.15, 0.2) is 5.13 Å². The average molecular weight is 310 g/mol. The number of fused-ring (bicyclic) bond motifs is 1. The number of thiazole rings is 1. The van der Waals surface area contributed by atoms with Crippen LogP contribution in [0.5, 0.6) is 0 Å². The molecule has 5 nitrogen and oxygen atoms in total. The van der Waals surface area contributed by atoms with Gasteiger partial charge in [-0.05, 0) is 26.3 Å². The standard InChI is InChI=1S/C15H26N4OS/c1-12-9-18-6-3-4-14(18)10-19(12)15-17-13(11-21-15)8-16-5-7-20-2/h11-12,14,16H,3-10H2,1-2H3. The van der Waals surface area contributed by atoms with Crippen molar-refractivity contribution >= 4 is 16.5 Å². The van der Waals surface area contributed by atoms with Crippen LogP contribution in [0.15, 0.2) is 5.38 Å². The number of rotatable bonds is 6. The minimum atomic E-state index is 0.569. The highest BCUT2D eigenvalue weighted by Gasteiger charge is 2.35. The molecule has 0 bridgehead atoms. The summed E-state index contributed by atoms with van der Waals surface area (Å²) >= 11 is 1.78. The van der Waals surface area contributed by atoms with Crippen LogP contribution in [0.2, 0.25) is 0 Å². The Morgan fingerprint density at radius 3 is 3.24 bits per heavy atom. The van der Waals surface area contributed by atoms with E-state index in [0.29, 0.717) is 6.04 Å². The number of methoxy groups -OCH3 is 1. The van der Waals surface area contributed by atoms with Crippen LogP contribution in [-0.4, -0.2) is 61.9 Å². The Morgan fingerprint density at radius 2 is 2.38 bits per heavy atom. The summed E-state index contributed by atoms with van der Waals surface area (Å²) in [6.07, 6.45) is 2.71. The maximum atomic E-state index is 5.04. The van der Waals surface area contributed by atoms with Crippen molar-refractivity contribution in [2.24, 2.45) is 0 Å². The van der Waals surface area contributed by atoms with Gasteiger partial charge in [0.25, 0.3) is 0 Å². The monoisotopic (exact) mass is 310 g/mol. The van der Waals surface area contributed by atoms with E-state index in [-0.39, 0.29) is 0 Å². The van der Waals surface area contributed by atoms with Gasteiger partial charge in [-0.15, -0.1) is 11.3 Å². The lowest BCUT2D eigenvalue weighted by molar-refractivity contribution is 0.199. The molecular formula is C15H26N4OS. The highest BCUT2D eigenvalue weighted by Crippen LogP contribution is 2.30. The predicted molar refractivity (Wildman–Crippen MR) is 87.1 cm³/mol. The van der Waals surface area contributed by atoms with E-state index >= 15 is 0 Å². The molecule has 0 amide bonds. The molecule has 6 heteroatoms. The van der Waals surface area contributed by atoms with Gasteiger partial charge in [0.2, 0.25) is 0 Å². The summed E-state index contributed by atoms with van der Waals surface area (Å²) in [6.45, 7) is 8.40. The zero-order chi connectivity index (χ0) is 14.7. The van der Waals surface area contributed by atoms with Crippen molar-refractivity contribution in [2.45, 2.75) is 38.4 Å². The molecule has 1 N–H and O–H groups in total. The molecule has 118 valence electrons. The summed E-state index contributed by atoms with van der Waals surface area (Å²) in [7, 11) is 1.73. The van der Waals surface area contributed by atoms with E-state index in [2.05, 4.69) is 27.4 Å². The zero-order valence-electron chi connectivity index (χ0n) is 13.0. The number of nitrogens with one attached hydrogen (secondary N) is 1. The molecule has 3 heterocycles. The van der Waals surface area contributed by atoms with Gasteiger partial charge in [0.05, 0.1) is 12.3 Å². The van der Waals surface area contributed by atoms with Crippen LogP contribution in [0.1, 0.15) is 25.5 Å². The third-order valence-corrected chi connectivity index (χ3v) is 5.44. The average Bonchev–Trinajstić information content (AvgIpc) is 3.11. The SMILES string of the molecule is COCCNCc1csc(N2CC3CCCN3CC2C)n1. The third kappa shape index (κ3) is 3.56. The van der Waals surface area contributed by atoms with E-state index < -0.39 is 0 Å². The predicted octanol–water partition coefficient (Wildman–Crippen LogP) is 1.55. The third-order valence-electron chi connectivity index (χ3n) is 4.51. The fourth-order valence-corrected chi connectivity index (χ4v) is 4.29. The Kier molecular flexibility index (Phi) is 5.11. The zero-order valence-corrected chi connectivity index (χ0v) is 13.9. The first-order valence-corrected chi connectivity index (χ1v) is 8.80. The van der Waals surface area contributed by atoms with E-state index in [1.807, 2.05) is 0 Å². The second-order valence-electron chi connectivity index (χ2n) is 6.08. The number of hydrogen-bond donors (Lipinski definition) is 1. The van der Waals surface area contributed by atoms with E-state index in [4.69, 9.17) is 9.72 Å². The van der Waals surface area contributed by atoms with Crippen LogP contribution >= 0.6 is 11.3 Å². The lowest BCUT2D eigenvalue weighted by Gasteiger charge is -2.42. The normalized spacial score (nSPS) is 26.3. The molecule has 2 saturated heterocycles. The molecule has 0 spiro atoms. The van der Waals surface area contributed by atoms with Gasteiger partial charge in [-0.1, -0.05) is 0 Å². The fraction of sp³-hybridized carbons (Fsp3) is 0.800. The Labute approximate surface area is 131 Å². The Bertz CT molecular complexity index is 453. The van der Waals surface area contributed by atoms with Crippen molar-refractivity contribution in [3.8, 4) is 0 Å². The van der Waals surface area contributed by atoms with Gasteiger partial charge in [-0.25, -0.2) is 4.98 Å². The van der Waals surface area contributed by atoms with E-state index in [1.165, 1.54) is 31.1 Å². The van der Waals surface area contributed by atoms with Crippen LogP contribution in [0, 0.1) is 0 Å². The smallest absolute Gasteiger partial charge is 0.185 e. The molecule has 3 rings (SSSR count). The molecule has 0 aromatic carbocycles. The number of nitrogens with zero attached hydrogens (tertiary/aromatic N) is 3. The van der Waals surface area contributed by atoms with E-state index in [9.17, 15) is 0 Å². The molecule has 2 atom stereocenters. The van der Waals surface area contributed by atoms with Crippen molar-refractivity contribution in [3.63, 3.8) is 0 Å². The summed E-state index contributed by atoms with van der Waals surface area (Å²) in [4.78, 5) is 9.98. The van der Waals surface area contributed by atoms with Crippen molar-refractivity contribution in [2.75, 3.05) is 44.8 Å². The molecular weight excluding hydrogens is 284 g/mol. The second-order valence-corrected chi connectivity index (χ2v) is 6.92. The van der Waals surface area contributed by atoms with Crippen LogP contribution < -0.4 is 10.2 Å². The molecule has 2 unspecified atom stereocenters. The van der Waals surface area contributed by atoms with Gasteiger partial charge < -0.3 is 15.0 Å². The molecule has 2 fully saturated rings. The number of hydrogen-bond acceptors (Lipinski definition) is 6. The summed E-state index contributed by atoms with van der Waals surface area (Å²) in [5.41, 5.74) is 1.15. The lowest BCUT2D eigenvalue weighted by Crippen LogP contribution is -2.55. The molecule has 0 aliphatic carbocycles. The first kappa shape index (κ1) is 15.2. The second kappa shape index (κ2) is 7.05. The van der Waals surface area contributed by atoms with Gasteiger partial charge in [0, 0.05) is 50.8 Å². The largest absolute Gasteiger partial charge is 0.383 e. The number of ether oxygens (including phenoxy) is 1. The van der Waals surface area contributed by atoms with Crippen LogP contribution in [0.4, 0.5) is 5.13 Å². The first-order valence-electron chi connectivity index (χ1n) is 7.92. The Hall–Kier alpha value is -0.690. The van der Waals surface area contributed by atoms with Crippen LogP contribution in [0.3, 0.4) is 0 Å². The van der Waals surface area contributed by atoms with Crippen molar-refractivity contribution < 1.29 is 4.74 Å². The summed E-state index contributed by atoms with van der Waals surface area (Å²) in [5, 5.41) is 6.74. The topological polar surface area (TPSA) is 40.6 Å². The number of piperazine rings is 1. The van der Waals surface area contributed by atoms with Crippen LogP contribution in [0.25, 0.3) is 0 Å². The molecule has 1 aromatic rings. The van der Waals surface area contributed by atoms with Gasteiger partial charge in [-0.3, -0.25) is 4.90 Å². The molecule has 1 aromatic heterocycles. The maximum Gasteiger partial charge on any atom is 0.185 e. The van der Waals surface area contributed by atoms with E-state index in [1.54, 1.807) is 18.4 Å². The fourth-order valence-electron chi connectivity index (χ4n) is 3.35. The summed E-state index contributed by atoms with van der Waals surface area (Å²) < 4.78 is 5.04. The maximum absolute atomic E-state index is 5.04. The molecule has 0 radical (unpaired) electrons. The van der Waals surface area contributed by atoms with Crippen LogP contribution in [-0.2, 0) is 11.3 Å². The summed E-state index contributed by atoms with van der Waals surface area (Å²) in [6, 6.07) is 1.31. The Morgan fingerprint density at radius 1 is 1.48 bits per heavy atom. The van der Waals surface area contributed by atoms with Crippen molar-refractivity contribution in [1.82, 2.24) is 15.2 Å². The van der Waals surface area contributed by atoms with Gasteiger partial charge in [-0.2, -0.15) is 0 Å². The quantitative estimate of drug-likeness (QED) is 0.808. The van der Waals surface area contributed by atoms with Gasteiger partial charge in [0.1, 0.15) is 0 Å².